The van der Waals surface area contributed by atoms with Gasteiger partial charge < -0.3 is 14.2 Å². The molecule has 4 rings (SSSR count). The van der Waals surface area contributed by atoms with Crippen LogP contribution in [0.2, 0.25) is 0 Å². The third-order valence-electron chi connectivity index (χ3n) is 4.84. The lowest BCUT2D eigenvalue weighted by molar-refractivity contribution is -0.137. The Labute approximate surface area is 159 Å². The van der Waals surface area contributed by atoms with Crippen molar-refractivity contribution in [1.82, 2.24) is 9.55 Å². The average Bonchev–Trinajstić information content (AvgIpc) is 3.07. The summed E-state index contributed by atoms with van der Waals surface area (Å²) in [4.78, 5) is 18.3. The van der Waals surface area contributed by atoms with E-state index in [0.717, 1.165) is 34.8 Å². The number of fused-ring (bicyclic) bond motifs is 3. The molecule has 1 aliphatic rings. The van der Waals surface area contributed by atoms with Crippen molar-refractivity contribution in [1.29, 1.82) is 0 Å². The van der Waals surface area contributed by atoms with Crippen LogP contribution in [-0.4, -0.2) is 22.6 Å². The van der Waals surface area contributed by atoms with Gasteiger partial charge in [-0.15, -0.1) is 0 Å². The summed E-state index contributed by atoms with van der Waals surface area (Å²) in [5.74, 6) is -0.466. The van der Waals surface area contributed by atoms with E-state index in [-0.39, 0.29) is 0 Å². The van der Waals surface area contributed by atoms with Crippen molar-refractivity contribution in [2.24, 2.45) is 7.05 Å². The van der Waals surface area contributed by atoms with Crippen molar-refractivity contribution < 1.29 is 22.7 Å². The molecule has 28 heavy (non-hydrogen) atoms. The Morgan fingerprint density at radius 3 is 2.50 bits per heavy atom. The lowest BCUT2D eigenvalue weighted by atomic mass is 9.98. The number of alkyl halides is 3. The molecule has 8 heteroatoms. The van der Waals surface area contributed by atoms with Gasteiger partial charge in [0.15, 0.2) is 0 Å². The number of halogens is 3. The highest BCUT2D eigenvalue weighted by molar-refractivity contribution is 5.94. The molecule has 3 aromatic rings. The second-order valence-corrected chi connectivity index (χ2v) is 6.51. The number of rotatable bonds is 2. The Kier molecular flexibility index (Phi) is 4.14. The van der Waals surface area contributed by atoms with Crippen LogP contribution in [0.3, 0.4) is 0 Å². The van der Waals surface area contributed by atoms with E-state index in [0.29, 0.717) is 17.8 Å². The van der Waals surface area contributed by atoms with Gasteiger partial charge in [-0.3, -0.25) is 0 Å². The lowest BCUT2D eigenvalue weighted by Gasteiger charge is -2.31. The van der Waals surface area contributed by atoms with Crippen LogP contribution >= 0.6 is 0 Å². The Morgan fingerprint density at radius 1 is 1.14 bits per heavy atom. The number of esters is 1. The fourth-order valence-electron chi connectivity index (χ4n) is 3.37. The van der Waals surface area contributed by atoms with Gasteiger partial charge in [0.25, 0.3) is 0 Å². The molecule has 2 heterocycles. The Bertz CT molecular complexity index is 1060. The number of hydrogen-bond donors (Lipinski definition) is 0. The number of imidazole rings is 1. The lowest BCUT2D eigenvalue weighted by Crippen LogP contribution is -2.23. The molecule has 5 nitrogen and oxygen atoms in total. The molecule has 0 amide bonds. The quantitative estimate of drug-likeness (QED) is 0.606. The van der Waals surface area contributed by atoms with E-state index in [2.05, 4.69) is 4.98 Å². The van der Waals surface area contributed by atoms with Crippen LogP contribution < -0.4 is 4.90 Å². The van der Waals surface area contributed by atoms with E-state index in [9.17, 15) is 18.0 Å². The zero-order valence-electron chi connectivity index (χ0n) is 15.1. The summed E-state index contributed by atoms with van der Waals surface area (Å²) in [6, 6.07) is 10.1. The van der Waals surface area contributed by atoms with Crippen molar-refractivity contribution in [3.8, 4) is 11.3 Å². The van der Waals surface area contributed by atoms with E-state index in [1.165, 1.54) is 19.2 Å². The Balaban J connectivity index is 1.83. The molecule has 0 radical (unpaired) electrons. The van der Waals surface area contributed by atoms with Crippen molar-refractivity contribution in [2.75, 3.05) is 12.0 Å². The van der Waals surface area contributed by atoms with Gasteiger partial charge in [-0.1, -0.05) is 0 Å². The van der Waals surface area contributed by atoms with Crippen LogP contribution in [0.1, 0.15) is 21.6 Å². The fraction of sp³-hybridized carbons (Fsp3) is 0.200. The third kappa shape index (κ3) is 2.90. The van der Waals surface area contributed by atoms with Crippen molar-refractivity contribution in [3.63, 3.8) is 0 Å². The Morgan fingerprint density at radius 2 is 1.86 bits per heavy atom. The third-order valence-corrected chi connectivity index (χ3v) is 4.84. The first-order chi connectivity index (χ1) is 13.3. The number of carbonyl (C=O) groups excluding carboxylic acids is 1. The molecule has 144 valence electrons. The first-order valence-corrected chi connectivity index (χ1v) is 8.47. The van der Waals surface area contributed by atoms with Gasteiger partial charge in [0.05, 0.1) is 48.2 Å². The van der Waals surface area contributed by atoms with Crippen LogP contribution in [0.4, 0.5) is 24.5 Å². The number of carbonyl (C=O) groups is 1. The van der Waals surface area contributed by atoms with Crippen LogP contribution in [0, 0.1) is 0 Å². The normalized spacial score (nSPS) is 13.1. The molecule has 0 atom stereocenters. The maximum atomic E-state index is 12.9. The van der Waals surface area contributed by atoms with Gasteiger partial charge in [-0.05, 0) is 42.5 Å². The molecule has 0 spiro atoms. The molecule has 0 saturated carbocycles. The number of aromatic nitrogens is 2. The molecular weight excluding hydrogens is 371 g/mol. The monoisotopic (exact) mass is 387 g/mol. The first-order valence-electron chi connectivity index (χ1n) is 8.47. The summed E-state index contributed by atoms with van der Waals surface area (Å²) >= 11 is 0. The predicted molar refractivity (Wildman–Crippen MR) is 97.3 cm³/mol. The van der Waals surface area contributed by atoms with Gasteiger partial charge in [0.1, 0.15) is 0 Å². The minimum Gasteiger partial charge on any atom is -0.465 e. The molecule has 0 fully saturated rings. The fourth-order valence-corrected chi connectivity index (χ4v) is 3.37. The molecule has 0 saturated heterocycles. The van der Waals surface area contributed by atoms with Crippen LogP contribution in [0.5, 0.6) is 0 Å². The number of ether oxygens (including phenoxy) is 1. The second-order valence-electron chi connectivity index (χ2n) is 6.51. The van der Waals surface area contributed by atoms with Crippen molar-refractivity contribution in [2.45, 2.75) is 12.7 Å². The molecule has 0 unspecified atom stereocenters. The topological polar surface area (TPSA) is 47.4 Å². The number of methoxy groups -OCH3 is 1. The molecule has 1 aliphatic heterocycles. The van der Waals surface area contributed by atoms with Crippen LogP contribution in [0.25, 0.3) is 11.3 Å². The highest BCUT2D eigenvalue weighted by atomic mass is 19.4. The van der Waals surface area contributed by atoms with Gasteiger partial charge in [0.2, 0.25) is 0 Å². The average molecular weight is 387 g/mol. The maximum absolute atomic E-state index is 12.9. The summed E-state index contributed by atoms with van der Waals surface area (Å²) in [5, 5.41) is 0. The van der Waals surface area contributed by atoms with Crippen molar-refractivity contribution in [3.05, 3.63) is 65.6 Å². The minimum atomic E-state index is -4.39. The maximum Gasteiger partial charge on any atom is 0.416 e. The number of aryl methyl sites for hydroxylation is 1. The summed E-state index contributed by atoms with van der Waals surface area (Å²) in [7, 11) is 3.16. The van der Waals surface area contributed by atoms with E-state index in [1.807, 2.05) is 16.5 Å². The highest BCUT2D eigenvalue weighted by Gasteiger charge is 2.31. The van der Waals surface area contributed by atoms with Gasteiger partial charge >= 0.3 is 12.1 Å². The van der Waals surface area contributed by atoms with Crippen molar-refractivity contribution >= 4 is 17.3 Å². The van der Waals surface area contributed by atoms with E-state index >= 15 is 0 Å². The number of hydrogen-bond acceptors (Lipinski definition) is 4. The van der Waals surface area contributed by atoms with E-state index in [4.69, 9.17) is 4.74 Å². The molecule has 2 aromatic carbocycles. The summed E-state index contributed by atoms with van der Waals surface area (Å²) in [5.41, 5.74) is 3.43. The molecule has 0 N–H and O–H groups in total. The smallest absolute Gasteiger partial charge is 0.416 e. The van der Waals surface area contributed by atoms with E-state index in [1.54, 1.807) is 24.5 Å². The zero-order chi connectivity index (χ0) is 20.1. The summed E-state index contributed by atoms with van der Waals surface area (Å²) in [6.07, 6.45) is -2.71. The summed E-state index contributed by atoms with van der Waals surface area (Å²) in [6.45, 7) is 0.446. The highest BCUT2D eigenvalue weighted by Crippen LogP contribution is 2.43. The minimum absolute atomic E-state index is 0.382. The largest absolute Gasteiger partial charge is 0.465 e. The number of nitrogens with zero attached hydrogens (tertiary/aromatic N) is 3. The standard InChI is InChI=1S/C20H16F3N3O2/c1-25-11-24-18-15-9-12(19(27)28-2)3-8-16(15)26(10-17(18)25)14-6-4-13(5-7-14)20(21,22)23/h3-9,11H,10H2,1-2H3. The Hall–Kier alpha value is -3.29. The number of anilines is 2. The van der Waals surface area contributed by atoms with Crippen LogP contribution in [0.15, 0.2) is 48.8 Å². The van der Waals surface area contributed by atoms with Gasteiger partial charge in [0, 0.05) is 18.3 Å². The predicted octanol–water partition coefficient (Wildman–Crippen LogP) is 4.54. The first kappa shape index (κ1) is 18.1. The zero-order valence-corrected chi connectivity index (χ0v) is 15.1. The van der Waals surface area contributed by atoms with Gasteiger partial charge in [-0.25, -0.2) is 9.78 Å². The SMILES string of the molecule is COC(=O)c1ccc2c(c1)-c1ncn(C)c1CN2c1ccc(C(F)(F)F)cc1. The molecule has 0 bridgehead atoms. The summed E-state index contributed by atoms with van der Waals surface area (Å²) < 4.78 is 45.3. The molecular formula is C20H16F3N3O2. The van der Waals surface area contributed by atoms with Crippen LogP contribution in [-0.2, 0) is 24.5 Å². The molecule has 0 aliphatic carbocycles. The molecule has 1 aromatic heterocycles. The second kappa shape index (κ2) is 6.40. The van der Waals surface area contributed by atoms with Gasteiger partial charge in [-0.2, -0.15) is 13.2 Å². The number of benzene rings is 2. The van der Waals surface area contributed by atoms with E-state index < -0.39 is 17.7 Å².